The van der Waals surface area contributed by atoms with E-state index in [4.69, 9.17) is 9.47 Å². The molecule has 2 aliphatic rings. The van der Waals surface area contributed by atoms with E-state index in [9.17, 15) is 10.1 Å². The van der Waals surface area contributed by atoms with E-state index in [0.717, 1.165) is 13.0 Å². The summed E-state index contributed by atoms with van der Waals surface area (Å²) >= 11 is 0. The maximum atomic E-state index is 11.4. The fraction of sp³-hybridized carbons (Fsp3) is 0.600. The summed E-state index contributed by atoms with van der Waals surface area (Å²) < 4.78 is 11.2. The normalized spacial score (nSPS) is 24.8. The molecule has 0 aromatic heterocycles. The van der Waals surface area contributed by atoms with Crippen molar-refractivity contribution in [1.29, 1.82) is 0 Å². The third kappa shape index (κ3) is 2.95. The van der Waals surface area contributed by atoms with Gasteiger partial charge in [-0.2, -0.15) is 0 Å². The Morgan fingerprint density at radius 3 is 2.90 bits per heavy atom. The highest BCUT2D eigenvalue weighted by molar-refractivity contribution is 5.69. The molecule has 1 aromatic carbocycles. The molecule has 1 saturated heterocycles. The van der Waals surface area contributed by atoms with E-state index in [-0.39, 0.29) is 22.8 Å². The zero-order valence-corrected chi connectivity index (χ0v) is 12.1. The van der Waals surface area contributed by atoms with E-state index < -0.39 is 0 Å². The molecule has 2 atom stereocenters. The van der Waals surface area contributed by atoms with Crippen molar-refractivity contribution < 1.29 is 14.4 Å². The van der Waals surface area contributed by atoms with Crippen LogP contribution < -0.4 is 10.1 Å². The quantitative estimate of drug-likeness (QED) is 0.644. The number of nitrogens with zero attached hydrogens (tertiary/aromatic N) is 1. The molecular weight excluding hydrogens is 272 g/mol. The maximum Gasteiger partial charge on any atom is 0.333 e. The number of nitrogens with one attached hydrogen (secondary N) is 1. The van der Waals surface area contributed by atoms with Crippen LogP contribution in [0.3, 0.4) is 0 Å². The summed E-state index contributed by atoms with van der Waals surface area (Å²) in [6.07, 6.45) is 3.46. The van der Waals surface area contributed by atoms with Crippen LogP contribution in [0.15, 0.2) is 18.2 Å². The molecule has 3 rings (SSSR count). The molecule has 1 N–H and O–H groups in total. The van der Waals surface area contributed by atoms with Crippen LogP contribution in [0.4, 0.5) is 11.4 Å². The Morgan fingerprint density at radius 2 is 2.24 bits per heavy atom. The molecule has 1 aromatic rings. The van der Waals surface area contributed by atoms with Gasteiger partial charge in [0, 0.05) is 6.61 Å². The Labute approximate surface area is 123 Å². The van der Waals surface area contributed by atoms with Gasteiger partial charge in [-0.3, -0.25) is 10.1 Å². The molecule has 6 nitrogen and oxygen atoms in total. The van der Waals surface area contributed by atoms with Crippen molar-refractivity contribution in [3.8, 4) is 5.75 Å². The van der Waals surface area contributed by atoms with Crippen LogP contribution in [0.5, 0.6) is 5.75 Å². The van der Waals surface area contributed by atoms with Crippen molar-refractivity contribution in [3.05, 3.63) is 28.3 Å². The topological polar surface area (TPSA) is 73.6 Å². The highest BCUT2D eigenvalue weighted by Gasteiger charge is 2.41. The number of benzene rings is 1. The minimum atomic E-state index is -0.380. The molecule has 0 spiro atoms. The highest BCUT2D eigenvalue weighted by atomic mass is 16.6. The lowest BCUT2D eigenvalue weighted by atomic mass is 10.1. The van der Waals surface area contributed by atoms with E-state index in [2.05, 4.69) is 5.32 Å². The Hall–Kier alpha value is -1.82. The van der Waals surface area contributed by atoms with Crippen LogP contribution in [0.25, 0.3) is 0 Å². The van der Waals surface area contributed by atoms with Crippen molar-refractivity contribution in [2.45, 2.75) is 38.3 Å². The molecule has 1 aliphatic heterocycles. The largest absolute Gasteiger partial charge is 0.487 e. The van der Waals surface area contributed by atoms with E-state index in [1.807, 2.05) is 6.92 Å². The fourth-order valence-electron chi connectivity index (χ4n) is 2.95. The standard InChI is InChI=1S/C15H20N2O4/c1-2-20-13-5-3-4-11(14(13)17(18)19)16-12-8-9-21-15(12)10-6-7-10/h3-5,10,12,15-16H,2,6-9H2,1H3. The van der Waals surface area contributed by atoms with Gasteiger partial charge >= 0.3 is 5.69 Å². The zero-order valence-electron chi connectivity index (χ0n) is 12.1. The molecule has 2 fully saturated rings. The van der Waals surface area contributed by atoms with E-state index >= 15 is 0 Å². The second-order valence-electron chi connectivity index (χ2n) is 5.55. The van der Waals surface area contributed by atoms with Crippen LogP contribution in [0, 0.1) is 16.0 Å². The number of anilines is 1. The molecule has 0 radical (unpaired) electrons. The maximum absolute atomic E-state index is 11.4. The molecule has 0 amide bonds. The fourth-order valence-corrected chi connectivity index (χ4v) is 2.95. The molecule has 1 saturated carbocycles. The van der Waals surface area contributed by atoms with Gasteiger partial charge in [0.15, 0.2) is 5.75 Å². The van der Waals surface area contributed by atoms with E-state index in [1.165, 1.54) is 12.8 Å². The predicted molar refractivity (Wildman–Crippen MR) is 78.8 cm³/mol. The number of nitro groups is 1. The summed E-state index contributed by atoms with van der Waals surface area (Å²) in [5, 5.41) is 14.7. The first-order chi connectivity index (χ1) is 10.2. The highest BCUT2D eigenvalue weighted by Crippen LogP contribution is 2.41. The molecule has 114 valence electrons. The van der Waals surface area contributed by atoms with Gasteiger partial charge in [0.05, 0.1) is 23.7 Å². The Bertz CT molecular complexity index is 530. The first-order valence-electron chi connectivity index (χ1n) is 7.49. The third-order valence-electron chi connectivity index (χ3n) is 4.04. The third-order valence-corrected chi connectivity index (χ3v) is 4.04. The summed E-state index contributed by atoms with van der Waals surface area (Å²) in [4.78, 5) is 11.0. The van der Waals surface area contributed by atoms with Gasteiger partial charge in [-0.1, -0.05) is 6.07 Å². The predicted octanol–water partition coefficient (Wildman–Crippen LogP) is 2.97. The average molecular weight is 292 g/mol. The van der Waals surface area contributed by atoms with E-state index in [0.29, 0.717) is 24.0 Å². The average Bonchev–Trinajstić information content (AvgIpc) is 3.20. The second-order valence-corrected chi connectivity index (χ2v) is 5.55. The monoisotopic (exact) mass is 292 g/mol. The van der Waals surface area contributed by atoms with Crippen LogP contribution in [-0.4, -0.2) is 30.3 Å². The summed E-state index contributed by atoms with van der Waals surface area (Å²) in [5.74, 6) is 0.925. The number of ether oxygens (including phenoxy) is 2. The van der Waals surface area contributed by atoms with E-state index in [1.54, 1.807) is 18.2 Å². The van der Waals surface area contributed by atoms with Gasteiger partial charge in [-0.25, -0.2) is 0 Å². The van der Waals surface area contributed by atoms with Crippen molar-refractivity contribution in [1.82, 2.24) is 0 Å². The van der Waals surface area contributed by atoms with Gasteiger partial charge in [-0.15, -0.1) is 0 Å². The van der Waals surface area contributed by atoms with Crippen molar-refractivity contribution in [2.75, 3.05) is 18.5 Å². The Morgan fingerprint density at radius 1 is 1.43 bits per heavy atom. The SMILES string of the molecule is CCOc1cccc(NC2CCOC2C2CC2)c1[N+](=O)[O-]. The number of hydrogen-bond acceptors (Lipinski definition) is 5. The number of nitro benzene ring substituents is 1. The molecule has 1 aliphatic carbocycles. The van der Waals surface area contributed by atoms with Gasteiger partial charge < -0.3 is 14.8 Å². The first kappa shape index (κ1) is 14.1. The van der Waals surface area contributed by atoms with Crippen LogP contribution in [0.2, 0.25) is 0 Å². The number of rotatable bonds is 6. The van der Waals surface area contributed by atoms with Gasteiger partial charge in [0.2, 0.25) is 0 Å². The van der Waals surface area contributed by atoms with Crippen molar-refractivity contribution >= 4 is 11.4 Å². The first-order valence-corrected chi connectivity index (χ1v) is 7.49. The van der Waals surface area contributed by atoms with Gasteiger partial charge in [-0.05, 0) is 44.2 Å². The van der Waals surface area contributed by atoms with Crippen molar-refractivity contribution in [3.63, 3.8) is 0 Å². The second kappa shape index (κ2) is 5.89. The lowest BCUT2D eigenvalue weighted by Crippen LogP contribution is -2.31. The smallest absolute Gasteiger partial charge is 0.333 e. The van der Waals surface area contributed by atoms with Crippen LogP contribution in [-0.2, 0) is 4.74 Å². The summed E-state index contributed by atoms with van der Waals surface area (Å²) in [7, 11) is 0. The lowest BCUT2D eigenvalue weighted by molar-refractivity contribution is -0.385. The summed E-state index contributed by atoms with van der Waals surface area (Å²) in [6.45, 7) is 2.94. The number of para-hydroxylation sites is 1. The van der Waals surface area contributed by atoms with Crippen molar-refractivity contribution in [2.24, 2.45) is 5.92 Å². The summed E-state index contributed by atoms with van der Waals surface area (Å²) in [5.41, 5.74) is 0.535. The van der Waals surface area contributed by atoms with Gasteiger partial charge in [0.1, 0.15) is 5.69 Å². The van der Waals surface area contributed by atoms with Crippen LogP contribution >= 0.6 is 0 Å². The minimum absolute atomic E-state index is 0.0146. The lowest BCUT2D eigenvalue weighted by Gasteiger charge is -2.21. The van der Waals surface area contributed by atoms with Crippen LogP contribution in [0.1, 0.15) is 26.2 Å². The minimum Gasteiger partial charge on any atom is -0.487 e. The zero-order chi connectivity index (χ0) is 14.8. The summed E-state index contributed by atoms with van der Waals surface area (Å²) in [6, 6.07) is 5.30. The molecule has 21 heavy (non-hydrogen) atoms. The molecule has 0 bridgehead atoms. The molecule has 2 unspecified atom stereocenters. The molecular formula is C15H20N2O4. The molecule has 1 heterocycles. The Kier molecular flexibility index (Phi) is 3.96. The number of hydrogen-bond donors (Lipinski definition) is 1. The molecule has 6 heteroatoms. The van der Waals surface area contributed by atoms with Gasteiger partial charge in [0.25, 0.3) is 0 Å². The Balaban J connectivity index is 1.83.